The number of rotatable bonds is 3. The molecule has 29 heavy (non-hydrogen) atoms. The van der Waals surface area contributed by atoms with Gasteiger partial charge in [-0.25, -0.2) is 19.0 Å². The minimum Gasteiger partial charge on any atom is -0.444 e. The van der Waals surface area contributed by atoms with Crippen molar-refractivity contribution in [2.75, 3.05) is 18.0 Å². The largest absolute Gasteiger partial charge is 0.444 e. The van der Waals surface area contributed by atoms with Crippen LogP contribution in [0.2, 0.25) is 0 Å². The lowest BCUT2D eigenvalue weighted by Crippen LogP contribution is -2.60. The third-order valence-corrected chi connectivity index (χ3v) is 5.21. The van der Waals surface area contributed by atoms with Crippen LogP contribution in [0.15, 0.2) is 17.1 Å². The van der Waals surface area contributed by atoms with Gasteiger partial charge in [-0.3, -0.25) is 9.59 Å². The molecule has 2 aromatic rings. The Hall–Kier alpha value is -2.84. The number of anilines is 1. The number of aromatic nitrogens is 3. The fraction of sp³-hybridized carbons (Fsp3) is 0.600. The summed E-state index contributed by atoms with van der Waals surface area (Å²) in [4.78, 5) is 44.7. The van der Waals surface area contributed by atoms with Crippen LogP contribution in [0, 0.1) is 0 Å². The Morgan fingerprint density at radius 1 is 1.34 bits per heavy atom. The molecule has 0 radical (unpaired) electrons. The zero-order valence-corrected chi connectivity index (χ0v) is 17.9. The lowest BCUT2D eigenvalue weighted by atomic mass is 10.0. The van der Waals surface area contributed by atoms with Crippen LogP contribution in [0.25, 0.3) is 5.65 Å². The van der Waals surface area contributed by atoms with E-state index in [1.165, 1.54) is 4.68 Å². The highest BCUT2D eigenvalue weighted by molar-refractivity contribution is 5.77. The minimum absolute atomic E-state index is 0.0578. The first-order valence-electron chi connectivity index (χ1n) is 9.86. The van der Waals surface area contributed by atoms with Gasteiger partial charge in [0.15, 0.2) is 11.9 Å². The molecule has 0 spiro atoms. The minimum atomic E-state index is -0.561. The number of piperazine rings is 1. The van der Waals surface area contributed by atoms with Crippen LogP contribution < -0.4 is 10.5 Å². The highest BCUT2D eigenvalue weighted by Gasteiger charge is 2.37. The van der Waals surface area contributed by atoms with Gasteiger partial charge in [-0.15, -0.1) is 0 Å². The maximum atomic E-state index is 12.7. The molecule has 0 saturated carbocycles. The Kier molecular flexibility index (Phi) is 5.42. The Morgan fingerprint density at radius 3 is 2.62 bits per heavy atom. The van der Waals surface area contributed by atoms with E-state index in [9.17, 15) is 14.4 Å². The number of carbonyl (C=O) groups excluding carboxylic acids is 2. The van der Waals surface area contributed by atoms with Crippen molar-refractivity contribution in [1.29, 1.82) is 0 Å². The average molecular weight is 403 g/mol. The molecule has 3 heterocycles. The van der Waals surface area contributed by atoms with Gasteiger partial charge >= 0.3 is 6.09 Å². The van der Waals surface area contributed by atoms with E-state index in [0.717, 1.165) is 6.42 Å². The molecule has 9 heteroatoms. The van der Waals surface area contributed by atoms with E-state index in [2.05, 4.69) is 9.88 Å². The van der Waals surface area contributed by atoms with Gasteiger partial charge in [-0.05, 0) is 34.1 Å². The van der Waals surface area contributed by atoms with Crippen LogP contribution in [-0.4, -0.2) is 62.2 Å². The molecule has 2 aromatic heterocycles. The standard InChI is InChI=1S/C20H29N5O4/c1-7-15-11-23(13(2)9-24(15)19(28)29-20(3,4)5)16-8-17(27)22(6)25-10-14(12-26)21-18(16)25/h8,10,12-13,15H,7,9,11H2,1-6H3/t13-,15+/m0/s1. The monoisotopic (exact) mass is 403 g/mol. The predicted molar refractivity (Wildman–Crippen MR) is 110 cm³/mol. The number of hydrogen-bond acceptors (Lipinski definition) is 6. The molecule has 0 N–H and O–H groups in total. The van der Waals surface area contributed by atoms with Crippen molar-refractivity contribution in [3.05, 3.63) is 28.3 Å². The second-order valence-electron chi connectivity index (χ2n) is 8.54. The van der Waals surface area contributed by atoms with E-state index < -0.39 is 5.60 Å². The molecule has 0 bridgehead atoms. The number of hydrogen-bond donors (Lipinski definition) is 0. The summed E-state index contributed by atoms with van der Waals surface area (Å²) in [6, 6.07) is 1.42. The Bertz CT molecular complexity index is 987. The Morgan fingerprint density at radius 2 is 2.03 bits per heavy atom. The molecule has 0 aromatic carbocycles. The summed E-state index contributed by atoms with van der Waals surface area (Å²) in [6.45, 7) is 10.6. The van der Waals surface area contributed by atoms with E-state index in [-0.39, 0.29) is 29.4 Å². The van der Waals surface area contributed by atoms with Crippen molar-refractivity contribution < 1.29 is 14.3 Å². The quantitative estimate of drug-likeness (QED) is 0.729. The number of aldehydes is 1. The number of nitrogens with zero attached hydrogens (tertiary/aromatic N) is 5. The molecular weight excluding hydrogens is 374 g/mol. The summed E-state index contributed by atoms with van der Waals surface area (Å²) in [5.41, 5.74) is 0.712. The molecule has 1 aliphatic heterocycles. The topological polar surface area (TPSA) is 89.2 Å². The van der Waals surface area contributed by atoms with Gasteiger partial charge in [0.05, 0.1) is 17.9 Å². The first kappa shape index (κ1) is 20.9. The van der Waals surface area contributed by atoms with Crippen LogP contribution in [0.4, 0.5) is 10.5 Å². The van der Waals surface area contributed by atoms with Gasteiger partial charge < -0.3 is 14.5 Å². The third kappa shape index (κ3) is 3.99. The summed E-state index contributed by atoms with van der Waals surface area (Å²) in [6.07, 6.45) is 2.64. The lowest BCUT2D eigenvalue weighted by molar-refractivity contribution is 0.0106. The fourth-order valence-corrected chi connectivity index (χ4v) is 3.71. The molecule has 9 nitrogen and oxygen atoms in total. The van der Waals surface area contributed by atoms with Gasteiger partial charge in [0, 0.05) is 32.2 Å². The van der Waals surface area contributed by atoms with Gasteiger partial charge in [-0.1, -0.05) is 6.92 Å². The zero-order valence-electron chi connectivity index (χ0n) is 17.9. The van der Waals surface area contributed by atoms with E-state index in [1.807, 2.05) is 34.6 Å². The van der Waals surface area contributed by atoms with E-state index in [0.29, 0.717) is 30.7 Å². The van der Waals surface area contributed by atoms with E-state index in [4.69, 9.17) is 4.74 Å². The maximum absolute atomic E-state index is 12.7. The highest BCUT2D eigenvalue weighted by atomic mass is 16.6. The first-order valence-corrected chi connectivity index (χ1v) is 9.86. The van der Waals surface area contributed by atoms with E-state index in [1.54, 1.807) is 28.7 Å². The molecule has 0 unspecified atom stereocenters. The number of aryl methyl sites for hydroxylation is 1. The maximum Gasteiger partial charge on any atom is 0.410 e. The average Bonchev–Trinajstić information content (AvgIpc) is 3.08. The first-order chi connectivity index (χ1) is 13.6. The highest BCUT2D eigenvalue weighted by Crippen LogP contribution is 2.28. The van der Waals surface area contributed by atoms with E-state index >= 15 is 0 Å². The number of carbonyl (C=O) groups is 2. The summed E-state index contributed by atoms with van der Waals surface area (Å²) >= 11 is 0. The van der Waals surface area contributed by atoms with Crippen molar-refractivity contribution in [3.63, 3.8) is 0 Å². The van der Waals surface area contributed by atoms with Crippen LogP contribution in [0.3, 0.4) is 0 Å². The third-order valence-electron chi connectivity index (χ3n) is 5.21. The lowest BCUT2D eigenvalue weighted by Gasteiger charge is -2.46. The molecule has 3 rings (SSSR count). The normalized spacial score (nSPS) is 20.2. The number of fused-ring (bicyclic) bond motifs is 1. The number of imidazole rings is 1. The summed E-state index contributed by atoms with van der Waals surface area (Å²) in [5.74, 6) is 0. The summed E-state index contributed by atoms with van der Waals surface area (Å²) in [7, 11) is 1.63. The predicted octanol–water partition coefficient (Wildman–Crippen LogP) is 2.07. The molecular formula is C20H29N5O4. The summed E-state index contributed by atoms with van der Waals surface area (Å²) < 4.78 is 8.59. The SMILES string of the molecule is CC[C@@H]1CN(c2cc(=O)n(C)n3cc(C=O)nc23)[C@@H](C)CN1C(=O)OC(C)(C)C. The van der Waals surface area contributed by atoms with Crippen LogP contribution in [0.1, 0.15) is 51.5 Å². The van der Waals surface area contributed by atoms with Crippen molar-refractivity contribution in [1.82, 2.24) is 19.1 Å². The Labute approximate surface area is 169 Å². The number of amides is 1. The number of ether oxygens (including phenoxy) is 1. The van der Waals surface area contributed by atoms with Crippen LogP contribution >= 0.6 is 0 Å². The van der Waals surface area contributed by atoms with Gasteiger partial charge in [-0.2, -0.15) is 0 Å². The molecule has 1 fully saturated rings. The Balaban J connectivity index is 1.98. The van der Waals surface area contributed by atoms with Gasteiger partial charge in [0.2, 0.25) is 0 Å². The molecule has 1 saturated heterocycles. The molecule has 2 atom stereocenters. The molecule has 0 aliphatic carbocycles. The smallest absolute Gasteiger partial charge is 0.410 e. The van der Waals surface area contributed by atoms with Crippen molar-refractivity contribution in [2.24, 2.45) is 7.05 Å². The molecule has 158 valence electrons. The second-order valence-corrected chi connectivity index (χ2v) is 8.54. The van der Waals surface area contributed by atoms with Crippen molar-refractivity contribution >= 4 is 23.7 Å². The van der Waals surface area contributed by atoms with Gasteiger partial charge in [0.1, 0.15) is 11.3 Å². The second kappa shape index (κ2) is 7.53. The van der Waals surface area contributed by atoms with Crippen LogP contribution in [-0.2, 0) is 11.8 Å². The van der Waals surface area contributed by atoms with Crippen LogP contribution in [0.5, 0.6) is 0 Å². The summed E-state index contributed by atoms with van der Waals surface area (Å²) in [5, 5.41) is 0. The van der Waals surface area contributed by atoms with Crippen molar-refractivity contribution in [3.8, 4) is 0 Å². The van der Waals surface area contributed by atoms with Crippen molar-refractivity contribution in [2.45, 2.75) is 58.7 Å². The zero-order chi connectivity index (χ0) is 21.5. The molecule has 1 amide bonds. The fourth-order valence-electron chi connectivity index (χ4n) is 3.71. The molecule has 1 aliphatic rings. The van der Waals surface area contributed by atoms with Gasteiger partial charge in [0.25, 0.3) is 5.56 Å².